The zero-order valence-corrected chi connectivity index (χ0v) is 11.3. The lowest BCUT2D eigenvalue weighted by Crippen LogP contribution is -2.09. The molecule has 2 rings (SSSR count). The van der Waals surface area contributed by atoms with E-state index >= 15 is 0 Å². The first-order valence-electron chi connectivity index (χ1n) is 5.71. The van der Waals surface area contributed by atoms with Crippen LogP contribution in [-0.2, 0) is 6.54 Å². The van der Waals surface area contributed by atoms with Crippen LogP contribution < -0.4 is 10.2 Å². The van der Waals surface area contributed by atoms with E-state index in [0.29, 0.717) is 0 Å². The molecule has 1 N–H and O–H groups in total. The van der Waals surface area contributed by atoms with Crippen molar-refractivity contribution in [3.63, 3.8) is 0 Å². The van der Waals surface area contributed by atoms with Crippen molar-refractivity contribution < 1.29 is 0 Å². The van der Waals surface area contributed by atoms with Crippen molar-refractivity contribution in [1.82, 2.24) is 0 Å². The van der Waals surface area contributed by atoms with Gasteiger partial charge in [0.2, 0.25) is 0 Å². The predicted octanol–water partition coefficient (Wildman–Crippen LogP) is 3.73. The SMILES string of the molecule is Cc1cc(N(C)C)ccc1NCc1cccs1. The van der Waals surface area contributed by atoms with Gasteiger partial charge in [-0.3, -0.25) is 0 Å². The van der Waals surface area contributed by atoms with Gasteiger partial charge in [0.05, 0.1) is 0 Å². The Morgan fingerprint density at radius 3 is 2.65 bits per heavy atom. The highest BCUT2D eigenvalue weighted by molar-refractivity contribution is 7.09. The summed E-state index contributed by atoms with van der Waals surface area (Å²) in [6.07, 6.45) is 0. The maximum absolute atomic E-state index is 3.47. The number of rotatable bonds is 4. The predicted molar refractivity (Wildman–Crippen MR) is 77.2 cm³/mol. The van der Waals surface area contributed by atoms with E-state index in [1.165, 1.54) is 21.8 Å². The van der Waals surface area contributed by atoms with E-state index in [2.05, 4.69) is 66.9 Å². The number of hydrogen-bond acceptors (Lipinski definition) is 3. The van der Waals surface area contributed by atoms with E-state index in [4.69, 9.17) is 0 Å². The summed E-state index contributed by atoms with van der Waals surface area (Å²) in [5.74, 6) is 0. The Morgan fingerprint density at radius 2 is 2.06 bits per heavy atom. The molecule has 2 aromatic rings. The van der Waals surface area contributed by atoms with Crippen LogP contribution in [0.15, 0.2) is 35.7 Å². The van der Waals surface area contributed by atoms with Crippen LogP contribution in [0, 0.1) is 6.92 Å². The molecule has 3 heteroatoms. The number of nitrogens with zero attached hydrogens (tertiary/aromatic N) is 1. The van der Waals surface area contributed by atoms with Crippen molar-refractivity contribution in [2.24, 2.45) is 0 Å². The molecule has 0 aliphatic rings. The summed E-state index contributed by atoms with van der Waals surface area (Å²) in [7, 11) is 4.13. The Bertz CT molecular complexity index is 475. The fraction of sp³-hybridized carbons (Fsp3) is 0.286. The third-order valence-corrected chi connectivity index (χ3v) is 3.64. The highest BCUT2D eigenvalue weighted by Crippen LogP contribution is 2.22. The number of anilines is 2. The Balaban J connectivity index is 2.06. The zero-order valence-electron chi connectivity index (χ0n) is 10.5. The molecule has 0 fully saturated rings. The third kappa shape index (κ3) is 3.01. The maximum atomic E-state index is 3.47. The summed E-state index contributed by atoms with van der Waals surface area (Å²) in [5.41, 5.74) is 3.74. The molecular formula is C14H18N2S. The largest absolute Gasteiger partial charge is 0.380 e. The second-order valence-corrected chi connectivity index (χ2v) is 5.36. The summed E-state index contributed by atoms with van der Waals surface area (Å²) in [5, 5.41) is 5.58. The quantitative estimate of drug-likeness (QED) is 0.884. The zero-order chi connectivity index (χ0) is 12.3. The lowest BCUT2D eigenvalue weighted by molar-refractivity contribution is 1.12. The van der Waals surface area contributed by atoms with Crippen LogP contribution in [0.2, 0.25) is 0 Å². The van der Waals surface area contributed by atoms with Gasteiger partial charge in [-0.1, -0.05) is 6.07 Å². The van der Waals surface area contributed by atoms with E-state index in [0.717, 1.165) is 6.54 Å². The van der Waals surface area contributed by atoms with Gasteiger partial charge in [0.15, 0.2) is 0 Å². The first-order valence-corrected chi connectivity index (χ1v) is 6.59. The molecule has 1 aromatic carbocycles. The second-order valence-electron chi connectivity index (χ2n) is 4.33. The van der Waals surface area contributed by atoms with Crippen molar-refractivity contribution >= 4 is 22.7 Å². The monoisotopic (exact) mass is 246 g/mol. The molecule has 0 aliphatic heterocycles. The van der Waals surface area contributed by atoms with Gasteiger partial charge in [0.1, 0.15) is 0 Å². The summed E-state index contributed by atoms with van der Waals surface area (Å²) in [6, 6.07) is 10.7. The van der Waals surface area contributed by atoms with Gasteiger partial charge in [-0.15, -0.1) is 11.3 Å². The van der Waals surface area contributed by atoms with Crippen molar-refractivity contribution in [2.45, 2.75) is 13.5 Å². The Morgan fingerprint density at radius 1 is 1.24 bits per heavy atom. The molecule has 0 unspecified atom stereocenters. The van der Waals surface area contributed by atoms with Gasteiger partial charge < -0.3 is 10.2 Å². The van der Waals surface area contributed by atoms with Crippen LogP contribution in [0.25, 0.3) is 0 Å². The average Bonchev–Trinajstić information content (AvgIpc) is 2.80. The maximum Gasteiger partial charge on any atom is 0.0494 e. The van der Waals surface area contributed by atoms with Gasteiger partial charge in [-0.2, -0.15) is 0 Å². The molecule has 0 aliphatic carbocycles. The molecule has 17 heavy (non-hydrogen) atoms. The van der Waals surface area contributed by atoms with Crippen molar-refractivity contribution in [2.75, 3.05) is 24.3 Å². The molecule has 0 amide bonds. The molecule has 0 spiro atoms. The number of thiophene rings is 1. The summed E-state index contributed by atoms with van der Waals surface area (Å²) < 4.78 is 0. The topological polar surface area (TPSA) is 15.3 Å². The van der Waals surface area contributed by atoms with Crippen molar-refractivity contribution in [1.29, 1.82) is 0 Å². The summed E-state index contributed by atoms with van der Waals surface area (Å²) in [6.45, 7) is 3.05. The van der Waals surface area contributed by atoms with Crippen LogP contribution >= 0.6 is 11.3 Å². The second kappa shape index (κ2) is 5.23. The molecule has 0 radical (unpaired) electrons. The summed E-state index contributed by atoms with van der Waals surface area (Å²) >= 11 is 1.79. The Labute approximate surface area is 107 Å². The fourth-order valence-corrected chi connectivity index (χ4v) is 2.36. The smallest absolute Gasteiger partial charge is 0.0494 e. The molecule has 0 atom stereocenters. The van der Waals surface area contributed by atoms with Crippen molar-refractivity contribution in [3.8, 4) is 0 Å². The highest BCUT2D eigenvalue weighted by atomic mass is 32.1. The average molecular weight is 246 g/mol. The lowest BCUT2D eigenvalue weighted by atomic mass is 10.1. The molecule has 0 saturated heterocycles. The number of aryl methyl sites for hydroxylation is 1. The molecule has 0 bridgehead atoms. The van der Waals surface area contributed by atoms with Crippen LogP contribution in [0.3, 0.4) is 0 Å². The Hall–Kier alpha value is -1.48. The van der Waals surface area contributed by atoms with Gasteiger partial charge in [-0.05, 0) is 42.1 Å². The van der Waals surface area contributed by atoms with Crippen LogP contribution in [-0.4, -0.2) is 14.1 Å². The number of benzene rings is 1. The lowest BCUT2D eigenvalue weighted by Gasteiger charge is -2.15. The standard InChI is InChI=1S/C14H18N2S/c1-11-9-12(16(2)3)6-7-14(11)15-10-13-5-4-8-17-13/h4-9,15H,10H2,1-3H3. The number of nitrogens with one attached hydrogen (secondary N) is 1. The number of hydrogen-bond donors (Lipinski definition) is 1. The van der Waals surface area contributed by atoms with Crippen molar-refractivity contribution in [3.05, 3.63) is 46.2 Å². The van der Waals surface area contributed by atoms with Crippen LogP contribution in [0.5, 0.6) is 0 Å². The third-order valence-electron chi connectivity index (χ3n) is 2.76. The van der Waals surface area contributed by atoms with E-state index < -0.39 is 0 Å². The van der Waals surface area contributed by atoms with E-state index in [9.17, 15) is 0 Å². The molecule has 1 heterocycles. The van der Waals surface area contributed by atoms with Crippen LogP contribution in [0.1, 0.15) is 10.4 Å². The van der Waals surface area contributed by atoms with E-state index in [1.807, 2.05) is 0 Å². The normalized spacial score (nSPS) is 10.3. The van der Waals surface area contributed by atoms with Gasteiger partial charge in [-0.25, -0.2) is 0 Å². The highest BCUT2D eigenvalue weighted by Gasteiger charge is 2.01. The first kappa shape index (κ1) is 12.0. The van der Waals surface area contributed by atoms with Gasteiger partial charge in [0, 0.05) is 36.9 Å². The molecule has 2 nitrogen and oxygen atoms in total. The molecular weight excluding hydrogens is 228 g/mol. The minimum absolute atomic E-state index is 0.903. The van der Waals surface area contributed by atoms with E-state index in [1.54, 1.807) is 11.3 Å². The fourth-order valence-electron chi connectivity index (χ4n) is 1.72. The molecule has 90 valence electrons. The summed E-state index contributed by atoms with van der Waals surface area (Å²) in [4.78, 5) is 3.48. The Kier molecular flexibility index (Phi) is 3.69. The first-order chi connectivity index (χ1) is 8.16. The minimum atomic E-state index is 0.903. The molecule has 1 aromatic heterocycles. The van der Waals surface area contributed by atoms with Crippen LogP contribution in [0.4, 0.5) is 11.4 Å². The van der Waals surface area contributed by atoms with Gasteiger partial charge >= 0.3 is 0 Å². The molecule has 0 saturated carbocycles. The minimum Gasteiger partial charge on any atom is -0.380 e. The van der Waals surface area contributed by atoms with E-state index in [-0.39, 0.29) is 0 Å². The van der Waals surface area contributed by atoms with Gasteiger partial charge in [0.25, 0.3) is 0 Å².